The van der Waals surface area contributed by atoms with Gasteiger partial charge in [-0.05, 0) is 56.2 Å². The highest BCUT2D eigenvalue weighted by Gasteiger charge is 2.15. The Morgan fingerprint density at radius 3 is 2.36 bits per heavy atom. The number of carbonyl (C=O) groups is 1. The van der Waals surface area contributed by atoms with Crippen molar-refractivity contribution in [2.45, 2.75) is 19.8 Å². The number of carbonyl (C=O) groups excluding carboxylic acids is 1. The lowest BCUT2D eigenvalue weighted by molar-refractivity contribution is 0.262. The number of nitrogens with one attached hydrogen (secondary N) is 3. The highest BCUT2D eigenvalue weighted by molar-refractivity contribution is 6.01. The monoisotopic (exact) mass is 448 g/mol. The third-order valence-corrected chi connectivity index (χ3v) is 5.32. The van der Waals surface area contributed by atoms with E-state index in [4.69, 9.17) is 9.47 Å². The molecule has 2 amide bonds. The molecule has 4 rings (SSSR count). The van der Waals surface area contributed by atoms with Crippen molar-refractivity contribution in [3.63, 3.8) is 0 Å². The average Bonchev–Trinajstić information content (AvgIpc) is 3.35. The number of hydrogen-bond donors (Lipinski definition) is 3. The van der Waals surface area contributed by atoms with Gasteiger partial charge in [0.15, 0.2) is 11.5 Å². The second-order valence-corrected chi connectivity index (χ2v) is 7.71. The molecule has 3 N–H and O–H groups in total. The highest BCUT2D eigenvalue weighted by atomic mass is 16.5. The van der Waals surface area contributed by atoms with Gasteiger partial charge in [0.25, 0.3) is 0 Å². The van der Waals surface area contributed by atoms with E-state index in [1.807, 2.05) is 37.3 Å². The van der Waals surface area contributed by atoms with Gasteiger partial charge in [-0.15, -0.1) is 0 Å². The van der Waals surface area contributed by atoms with Crippen molar-refractivity contribution in [2.75, 3.05) is 48.2 Å². The number of methoxy groups -OCH3 is 2. The first-order valence-corrected chi connectivity index (χ1v) is 10.8. The van der Waals surface area contributed by atoms with Crippen molar-refractivity contribution < 1.29 is 14.3 Å². The molecular weight excluding hydrogens is 420 g/mol. The van der Waals surface area contributed by atoms with Crippen LogP contribution in [0, 0.1) is 6.92 Å². The van der Waals surface area contributed by atoms with Crippen LogP contribution in [0.3, 0.4) is 0 Å². The van der Waals surface area contributed by atoms with E-state index in [2.05, 4.69) is 30.8 Å². The van der Waals surface area contributed by atoms with Gasteiger partial charge in [-0.25, -0.2) is 9.78 Å². The van der Waals surface area contributed by atoms with E-state index in [-0.39, 0.29) is 6.03 Å². The Labute approximate surface area is 193 Å². The Bertz CT molecular complexity index is 1110. The predicted molar refractivity (Wildman–Crippen MR) is 130 cm³/mol. The molecule has 1 aliphatic rings. The first-order chi connectivity index (χ1) is 16.1. The standard InChI is InChI=1S/C24H28N6O3/c1-16-15-21(30-13-4-5-14-30)29-23(25-16)26-17-9-11-18(12-10-17)27-24(31)28-19-7-6-8-20(32-2)22(19)33-3/h6-12,15H,4-5,13-14H2,1-3H3,(H,25,26,29)(H2,27,28,31). The van der Waals surface area contributed by atoms with Gasteiger partial charge >= 0.3 is 6.03 Å². The molecule has 9 heteroatoms. The molecule has 0 spiro atoms. The summed E-state index contributed by atoms with van der Waals surface area (Å²) in [4.78, 5) is 23.9. The molecule has 0 atom stereocenters. The number of amides is 2. The molecule has 9 nitrogen and oxygen atoms in total. The van der Waals surface area contributed by atoms with Crippen LogP contribution in [0.2, 0.25) is 0 Å². The molecule has 2 aromatic carbocycles. The predicted octanol–water partition coefficient (Wildman–Crippen LogP) is 4.79. The van der Waals surface area contributed by atoms with E-state index in [1.165, 1.54) is 20.0 Å². The molecule has 33 heavy (non-hydrogen) atoms. The van der Waals surface area contributed by atoms with Gasteiger partial charge in [-0.3, -0.25) is 0 Å². The first kappa shape index (κ1) is 22.2. The number of rotatable bonds is 7. The van der Waals surface area contributed by atoms with Gasteiger partial charge < -0.3 is 30.3 Å². The Balaban J connectivity index is 1.39. The fourth-order valence-electron chi connectivity index (χ4n) is 3.75. The molecule has 1 aromatic heterocycles. The summed E-state index contributed by atoms with van der Waals surface area (Å²) >= 11 is 0. The Hall–Kier alpha value is -4.01. The molecule has 0 saturated carbocycles. The van der Waals surface area contributed by atoms with Crippen LogP contribution in [0.15, 0.2) is 48.5 Å². The zero-order valence-corrected chi connectivity index (χ0v) is 19.0. The van der Waals surface area contributed by atoms with Crippen LogP contribution in [0.1, 0.15) is 18.5 Å². The maximum absolute atomic E-state index is 12.5. The number of nitrogens with zero attached hydrogens (tertiary/aromatic N) is 3. The summed E-state index contributed by atoms with van der Waals surface area (Å²) in [6.45, 7) is 4.02. The zero-order valence-electron chi connectivity index (χ0n) is 19.0. The first-order valence-electron chi connectivity index (χ1n) is 10.8. The number of para-hydroxylation sites is 1. The second-order valence-electron chi connectivity index (χ2n) is 7.71. The highest BCUT2D eigenvalue weighted by Crippen LogP contribution is 2.34. The molecule has 0 radical (unpaired) electrons. The van der Waals surface area contributed by atoms with E-state index in [0.29, 0.717) is 28.8 Å². The lowest BCUT2D eigenvalue weighted by Gasteiger charge is -2.17. The summed E-state index contributed by atoms with van der Waals surface area (Å²) in [5.41, 5.74) is 2.89. The van der Waals surface area contributed by atoms with Crippen LogP contribution in [-0.2, 0) is 0 Å². The maximum atomic E-state index is 12.5. The van der Waals surface area contributed by atoms with E-state index in [1.54, 1.807) is 25.3 Å². The number of benzene rings is 2. The number of aryl methyl sites for hydroxylation is 1. The molecular formula is C24H28N6O3. The summed E-state index contributed by atoms with van der Waals surface area (Å²) in [6.07, 6.45) is 2.39. The Kier molecular flexibility index (Phi) is 6.77. The number of hydrogen-bond acceptors (Lipinski definition) is 7. The van der Waals surface area contributed by atoms with Crippen LogP contribution in [0.4, 0.5) is 33.6 Å². The molecule has 0 unspecified atom stereocenters. The minimum atomic E-state index is -0.389. The number of aromatic nitrogens is 2. The number of urea groups is 1. The van der Waals surface area contributed by atoms with Gasteiger partial charge in [0.1, 0.15) is 5.82 Å². The van der Waals surface area contributed by atoms with Crippen molar-refractivity contribution in [3.05, 3.63) is 54.2 Å². The maximum Gasteiger partial charge on any atom is 0.323 e. The van der Waals surface area contributed by atoms with Crippen molar-refractivity contribution in [3.8, 4) is 11.5 Å². The van der Waals surface area contributed by atoms with E-state index in [9.17, 15) is 4.79 Å². The number of ether oxygens (including phenoxy) is 2. The van der Waals surface area contributed by atoms with Crippen molar-refractivity contribution >= 4 is 34.9 Å². The summed E-state index contributed by atoms with van der Waals surface area (Å²) < 4.78 is 10.6. The van der Waals surface area contributed by atoms with Crippen LogP contribution in [0.25, 0.3) is 0 Å². The molecule has 2 heterocycles. The fraction of sp³-hybridized carbons (Fsp3) is 0.292. The van der Waals surface area contributed by atoms with Gasteiger partial charge in [-0.2, -0.15) is 4.98 Å². The number of anilines is 5. The molecule has 1 saturated heterocycles. The lowest BCUT2D eigenvalue weighted by atomic mass is 10.2. The van der Waals surface area contributed by atoms with Crippen LogP contribution >= 0.6 is 0 Å². The lowest BCUT2D eigenvalue weighted by Crippen LogP contribution is -2.20. The SMILES string of the molecule is COc1cccc(NC(=O)Nc2ccc(Nc3nc(C)cc(N4CCCC4)n3)cc2)c1OC. The van der Waals surface area contributed by atoms with Crippen LogP contribution in [-0.4, -0.2) is 43.3 Å². The van der Waals surface area contributed by atoms with Gasteiger partial charge in [0.2, 0.25) is 5.95 Å². The van der Waals surface area contributed by atoms with Crippen LogP contribution in [0.5, 0.6) is 11.5 Å². The van der Waals surface area contributed by atoms with Gasteiger partial charge in [-0.1, -0.05) is 6.07 Å². The second kappa shape index (κ2) is 10.1. The third kappa shape index (κ3) is 5.43. The van der Waals surface area contributed by atoms with E-state index < -0.39 is 0 Å². The quantitative estimate of drug-likeness (QED) is 0.478. The summed E-state index contributed by atoms with van der Waals surface area (Å²) in [7, 11) is 3.07. The third-order valence-electron chi connectivity index (χ3n) is 5.32. The molecule has 3 aromatic rings. The van der Waals surface area contributed by atoms with Gasteiger partial charge in [0, 0.05) is 36.2 Å². The zero-order chi connectivity index (χ0) is 23.2. The minimum Gasteiger partial charge on any atom is -0.493 e. The molecule has 1 aliphatic heterocycles. The van der Waals surface area contributed by atoms with Gasteiger partial charge in [0.05, 0.1) is 19.9 Å². The fourth-order valence-corrected chi connectivity index (χ4v) is 3.75. The summed E-state index contributed by atoms with van der Waals surface area (Å²) in [6, 6.07) is 14.3. The molecule has 1 fully saturated rings. The molecule has 0 aliphatic carbocycles. The van der Waals surface area contributed by atoms with Crippen molar-refractivity contribution in [1.29, 1.82) is 0 Å². The average molecular weight is 449 g/mol. The van der Waals surface area contributed by atoms with Crippen LogP contribution < -0.4 is 30.3 Å². The summed E-state index contributed by atoms with van der Waals surface area (Å²) in [5, 5.41) is 8.85. The Morgan fingerprint density at radius 1 is 0.939 bits per heavy atom. The smallest absolute Gasteiger partial charge is 0.323 e. The van der Waals surface area contributed by atoms with Crippen molar-refractivity contribution in [2.24, 2.45) is 0 Å². The topological polar surface area (TPSA) is 101 Å². The molecule has 0 bridgehead atoms. The Morgan fingerprint density at radius 2 is 1.67 bits per heavy atom. The van der Waals surface area contributed by atoms with E-state index in [0.717, 1.165) is 30.3 Å². The molecule has 172 valence electrons. The van der Waals surface area contributed by atoms with Crippen molar-refractivity contribution in [1.82, 2.24) is 9.97 Å². The largest absolute Gasteiger partial charge is 0.493 e. The summed E-state index contributed by atoms with van der Waals surface area (Å²) in [5.74, 6) is 2.50. The van der Waals surface area contributed by atoms with E-state index >= 15 is 0 Å². The normalized spacial score (nSPS) is 12.9. The minimum absolute atomic E-state index is 0.389.